The van der Waals surface area contributed by atoms with E-state index in [0.717, 1.165) is 30.9 Å². The van der Waals surface area contributed by atoms with Gasteiger partial charge in [0.25, 0.3) is 5.91 Å². The number of nitrogens with zero attached hydrogens (tertiary/aromatic N) is 5. The van der Waals surface area contributed by atoms with Gasteiger partial charge in [-0.2, -0.15) is 0 Å². The van der Waals surface area contributed by atoms with E-state index < -0.39 is 0 Å². The van der Waals surface area contributed by atoms with Crippen molar-refractivity contribution in [3.05, 3.63) is 48.2 Å². The van der Waals surface area contributed by atoms with E-state index in [1.54, 1.807) is 29.4 Å². The van der Waals surface area contributed by atoms with Gasteiger partial charge in [-0.3, -0.25) is 4.79 Å². The standard InChI is InChI=1S/C20H26FN5O/c1-3-4-9-24(2)19-15-22-18(14-23-19)20(27)26-12-10-25(11-13-26)17-7-5-16(21)6-8-17/h5-8,14-15H,3-4,9-13H2,1-2H3. The first-order valence-electron chi connectivity index (χ1n) is 9.41. The number of amides is 1. The lowest BCUT2D eigenvalue weighted by Crippen LogP contribution is -2.49. The highest BCUT2D eigenvalue weighted by Crippen LogP contribution is 2.18. The van der Waals surface area contributed by atoms with Crippen molar-refractivity contribution < 1.29 is 9.18 Å². The van der Waals surface area contributed by atoms with Crippen LogP contribution in [0.2, 0.25) is 0 Å². The minimum atomic E-state index is -0.241. The van der Waals surface area contributed by atoms with Crippen LogP contribution in [0.15, 0.2) is 36.7 Å². The predicted octanol–water partition coefficient (Wildman–Crippen LogP) is 2.81. The van der Waals surface area contributed by atoms with Gasteiger partial charge < -0.3 is 14.7 Å². The van der Waals surface area contributed by atoms with Crippen molar-refractivity contribution in [2.24, 2.45) is 0 Å². The number of piperazine rings is 1. The van der Waals surface area contributed by atoms with Crippen molar-refractivity contribution in [2.45, 2.75) is 19.8 Å². The molecule has 1 aromatic carbocycles. The number of halogens is 1. The van der Waals surface area contributed by atoms with Gasteiger partial charge in [-0.15, -0.1) is 0 Å². The highest BCUT2D eigenvalue weighted by atomic mass is 19.1. The first kappa shape index (κ1) is 19.1. The molecule has 144 valence electrons. The number of anilines is 2. The van der Waals surface area contributed by atoms with E-state index in [9.17, 15) is 9.18 Å². The third kappa shape index (κ3) is 4.72. The zero-order valence-corrected chi connectivity index (χ0v) is 15.9. The van der Waals surface area contributed by atoms with Crippen molar-refractivity contribution in [3.63, 3.8) is 0 Å². The molecular weight excluding hydrogens is 345 g/mol. The normalized spacial score (nSPS) is 14.3. The van der Waals surface area contributed by atoms with Crippen LogP contribution in [0.5, 0.6) is 0 Å². The quantitative estimate of drug-likeness (QED) is 0.782. The SMILES string of the molecule is CCCCN(C)c1cnc(C(=O)N2CCN(c3ccc(F)cc3)CC2)cn1. The van der Waals surface area contributed by atoms with Gasteiger partial charge in [0.1, 0.15) is 17.3 Å². The number of unbranched alkanes of at least 4 members (excludes halogenated alkanes) is 1. The van der Waals surface area contributed by atoms with Gasteiger partial charge in [-0.25, -0.2) is 14.4 Å². The summed E-state index contributed by atoms with van der Waals surface area (Å²) >= 11 is 0. The van der Waals surface area contributed by atoms with Crippen LogP contribution >= 0.6 is 0 Å². The highest BCUT2D eigenvalue weighted by Gasteiger charge is 2.23. The Morgan fingerprint density at radius 1 is 1.11 bits per heavy atom. The van der Waals surface area contributed by atoms with Crippen molar-refractivity contribution in [1.82, 2.24) is 14.9 Å². The molecule has 1 amide bonds. The van der Waals surface area contributed by atoms with E-state index in [1.807, 2.05) is 11.9 Å². The lowest BCUT2D eigenvalue weighted by Gasteiger charge is -2.36. The zero-order valence-electron chi connectivity index (χ0n) is 15.9. The molecule has 3 rings (SSSR count). The molecule has 0 aliphatic carbocycles. The molecule has 0 saturated carbocycles. The molecule has 1 aliphatic heterocycles. The summed E-state index contributed by atoms with van der Waals surface area (Å²) in [7, 11) is 1.98. The van der Waals surface area contributed by atoms with Gasteiger partial charge in [-0.05, 0) is 30.7 Å². The third-order valence-electron chi connectivity index (χ3n) is 4.85. The first-order chi connectivity index (χ1) is 13.1. The summed E-state index contributed by atoms with van der Waals surface area (Å²) in [6.45, 7) is 5.71. The Labute approximate surface area is 159 Å². The van der Waals surface area contributed by atoms with Gasteiger partial charge in [0, 0.05) is 45.5 Å². The van der Waals surface area contributed by atoms with E-state index >= 15 is 0 Å². The third-order valence-corrected chi connectivity index (χ3v) is 4.85. The largest absolute Gasteiger partial charge is 0.368 e. The summed E-state index contributed by atoms with van der Waals surface area (Å²) in [5.74, 6) is 0.445. The topological polar surface area (TPSA) is 52.6 Å². The maximum Gasteiger partial charge on any atom is 0.274 e. The van der Waals surface area contributed by atoms with Crippen molar-refractivity contribution >= 4 is 17.4 Å². The molecule has 1 aromatic heterocycles. The molecule has 6 nitrogen and oxygen atoms in total. The Hall–Kier alpha value is -2.70. The van der Waals surface area contributed by atoms with Crippen LogP contribution in [0.1, 0.15) is 30.3 Å². The number of hydrogen-bond acceptors (Lipinski definition) is 5. The monoisotopic (exact) mass is 371 g/mol. The highest BCUT2D eigenvalue weighted by molar-refractivity contribution is 5.92. The molecule has 7 heteroatoms. The number of benzene rings is 1. The van der Waals surface area contributed by atoms with Gasteiger partial charge in [0.2, 0.25) is 0 Å². The van der Waals surface area contributed by atoms with Crippen molar-refractivity contribution in [1.29, 1.82) is 0 Å². The second kappa shape index (κ2) is 8.79. The lowest BCUT2D eigenvalue weighted by molar-refractivity contribution is 0.0740. The van der Waals surface area contributed by atoms with E-state index in [0.29, 0.717) is 31.9 Å². The molecule has 27 heavy (non-hydrogen) atoms. The van der Waals surface area contributed by atoms with Crippen LogP contribution in [-0.2, 0) is 0 Å². The van der Waals surface area contributed by atoms with Crippen LogP contribution in [0.3, 0.4) is 0 Å². The van der Waals surface area contributed by atoms with Gasteiger partial charge in [-0.1, -0.05) is 13.3 Å². The van der Waals surface area contributed by atoms with Crippen LogP contribution in [-0.4, -0.2) is 60.5 Å². The van der Waals surface area contributed by atoms with Crippen molar-refractivity contribution in [3.8, 4) is 0 Å². The van der Waals surface area contributed by atoms with E-state index in [1.165, 1.54) is 12.1 Å². The summed E-state index contributed by atoms with van der Waals surface area (Å²) in [5.41, 5.74) is 1.35. The predicted molar refractivity (Wildman–Crippen MR) is 105 cm³/mol. The maximum absolute atomic E-state index is 13.1. The number of rotatable bonds is 6. The number of carbonyl (C=O) groups is 1. The van der Waals surface area contributed by atoms with Crippen LogP contribution < -0.4 is 9.80 Å². The summed E-state index contributed by atoms with van der Waals surface area (Å²) in [5, 5.41) is 0. The fraction of sp³-hybridized carbons (Fsp3) is 0.450. The first-order valence-corrected chi connectivity index (χ1v) is 9.41. The summed E-state index contributed by atoms with van der Waals surface area (Å²) in [6.07, 6.45) is 5.44. The second-order valence-electron chi connectivity index (χ2n) is 6.79. The van der Waals surface area contributed by atoms with E-state index in [2.05, 4.69) is 21.8 Å². The minimum Gasteiger partial charge on any atom is -0.368 e. The number of hydrogen-bond donors (Lipinski definition) is 0. The van der Waals surface area contributed by atoms with Crippen LogP contribution in [0, 0.1) is 5.82 Å². The Kier molecular flexibility index (Phi) is 6.21. The fourth-order valence-corrected chi connectivity index (χ4v) is 3.12. The van der Waals surface area contributed by atoms with Crippen molar-refractivity contribution in [2.75, 3.05) is 49.6 Å². The lowest BCUT2D eigenvalue weighted by atomic mass is 10.2. The van der Waals surface area contributed by atoms with Gasteiger partial charge in [0.15, 0.2) is 0 Å². The van der Waals surface area contributed by atoms with Crippen LogP contribution in [0.25, 0.3) is 0 Å². The maximum atomic E-state index is 13.1. The Bertz CT molecular complexity index is 742. The number of aromatic nitrogens is 2. The molecule has 0 N–H and O–H groups in total. The van der Waals surface area contributed by atoms with E-state index in [-0.39, 0.29) is 11.7 Å². The molecule has 0 radical (unpaired) electrons. The Balaban J connectivity index is 1.56. The molecular formula is C20H26FN5O. The zero-order chi connectivity index (χ0) is 19.2. The average molecular weight is 371 g/mol. The molecule has 0 unspecified atom stereocenters. The summed E-state index contributed by atoms with van der Waals surface area (Å²) in [4.78, 5) is 27.4. The van der Waals surface area contributed by atoms with Crippen LogP contribution in [0.4, 0.5) is 15.9 Å². The van der Waals surface area contributed by atoms with E-state index in [4.69, 9.17) is 0 Å². The molecule has 1 fully saturated rings. The molecule has 2 aromatic rings. The summed E-state index contributed by atoms with van der Waals surface area (Å²) < 4.78 is 13.1. The minimum absolute atomic E-state index is 0.0935. The molecule has 2 heterocycles. The molecule has 0 spiro atoms. The summed E-state index contributed by atoms with van der Waals surface area (Å²) in [6, 6.07) is 6.46. The fourth-order valence-electron chi connectivity index (χ4n) is 3.12. The van der Waals surface area contributed by atoms with Gasteiger partial charge >= 0.3 is 0 Å². The molecule has 1 saturated heterocycles. The second-order valence-corrected chi connectivity index (χ2v) is 6.79. The number of carbonyl (C=O) groups excluding carboxylic acids is 1. The smallest absolute Gasteiger partial charge is 0.274 e. The van der Waals surface area contributed by atoms with Gasteiger partial charge in [0.05, 0.1) is 12.4 Å². The average Bonchev–Trinajstić information content (AvgIpc) is 2.72. The molecule has 0 atom stereocenters. The molecule has 1 aliphatic rings. The Morgan fingerprint density at radius 3 is 2.41 bits per heavy atom. The Morgan fingerprint density at radius 2 is 1.81 bits per heavy atom. The molecule has 0 bridgehead atoms.